The zero-order chi connectivity index (χ0) is 14.8. The highest BCUT2D eigenvalue weighted by atomic mass is 35.5. The molecule has 1 atom stereocenters. The van der Waals surface area contributed by atoms with Crippen molar-refractivity contribution in [3.8, 4) is 0 Å². The minimum absolute atomic E-state index is 0.118. The Kier molecular flexibility index (Phi) is 4.84. The lowest BCUT2D eigenvalue weighted by atomic mass is 9.93. The molecule has 2 nitrogen and oxygen atoms in total. The molecule has 1 aromatic carbocycles. The molecule has 2 rings (SSSR count). The summed E-state index contributed by atoms with van der Waals surface area (Å²) in [5, 5.41) is 7.56. The molecule has 0 fully saturated rings. The van der Waals surface area contributed by atoms with Gasteiger partial charge in [0, 0.05) is 28.4 Å². The maximum absolute atomic E-state index is 6.02. The highest BCUT2D eigenvalue weighted by Gasteiger charge is 2.17. The first-order valence-corrected chi connectivity index (χ1v) is 8.06. The standard InChI is InChI=1S/C16H21ClN2S/c1-11(12-6-5-7-13(17)8-12)18-9-15-19-14(10-20-15)16(2,3)4/h5-8,10-11,18H,9H2,1-4H3/t11-/m0/s1. The molecule has 0 saturated carbocycles. The van der Waals surface area contributed by atoms with Gasteiger partial charge in [-0.05, 0) is 24.6 Å². The lowest BCUT2D eigenvalue weighted by Crippen LogP contribution is -2.18. The molecule has 0 amide bonds. The van der Waals surface area contributed by atoms with Crippen LogP contribution in [0.4, 0.5) is 0 Å². The molecule has 0 saturated heterocycles. The van der Waals surface area contributed by atoms with Crippen LogP contribution >= 0.6 is 22.9 Å². The summed E-state index contributed by atoms with van der Waals surface area (Å²) in [6.07, 6.45) is 0. The van der Waals surface area contributed by atoms with E-state index in [9.17, 15) is 0 Å². The summed E-state index contributed by atoms with van der Waals surface area (Å²) in [6.45, 7) is 9.49. The molecular weight excluding hydrogens is 288 g/mol. The van der Waals surface area contributed by atoms with Crippen molar-refractivity contribution in [2.75, 3.05) is 0 Å². The highest BCUT2D eigenvalue weighted by Crippen LogP contribution is 2.24. The average molecular weight is 309 g/mol. The summed E-state index contributed by atoms with van der Waals surface area (Å²) in [5.74, 6) is 0. The number of hydrogen-bond acceptors (Lipinski definition) is 3. The molecule has 2 aromatic rings. The minimum atomic E-state index is 0.118. The second-order valence-electron chi connectivity index (χ2n) is 6.03. The molecule has 0 spiro atoms. The molecule has 0 aliphatic carbocycles. The minimum Gasteiger partial charge on any atom is -0.304 e. The van der Waals surface area contributed by atoms with Crippen LogP contribution in [0.3, 0.4) is 0 Å². The average Bonchev–Trinajstić information content (AvgIpc) is 2.84. The van der Waals surface area contributed by atoms with Gasteiger partial charge in [-0.2, -0.15) is 0 Å². The maximum Gasteiger partial charge on any atom is 0.107 e. The topological polar surface area (TPSA) is 24.9 Å². The van der Waals surface area contributed by atoms with Crippen molar-refractivity contribution in [1.82, 2.24) is 10.3 Å². The fourth-order valence-electron chi connectivity index (χ4n) is 1.87. The normalized spacial score (nSPS) is 13.4. The van der Waals surface area contributed by atoms with Crippen LogP contribution in [0.5, 0.6) is 0 Å². The number of hydrogen-bond donors (Lipinski definition) is 1. The Labute approximate surface area is 130 Å². The maximum atomic E-state index is 6.02. The van der Waals surface area contributed by atoms with E-state index in [2.05, 4.69) is 44.5 Å². The third-order valence-electron chi connectivity index (χ3n) is 3.23. The van der Waals surface area contributed by atoms with Crippen LogP contribution in [0.2, 0.25) is 5.02 Å². The van der Waals surface area contributed by atoms with E-state index in [-0.39, 0.29) is 11.5 Å². The predicted octanol–water partition coefficient (Wildman–Crippen LogP) is 4.94. The van der Waals surface area contributed by atoms with Crippen molar-refractivity contribution in [3.63, 3.8) is 0 Å². The van der Waals surface area contributed by atoms with Crippen LogP contribution in [0.1, 0.15) is 50.0 Å². The smallest absolute Gasteiger partial charge is 0.107 e. The number of halogens is 1. The van der Waals surface area contributed by atoms with E-state index in [1.165, 1.54) is 5.56 Å². The van der Waals surface area contributed by atoms with Crippen molar-refractivity contribution < 1.29 is 0 Å². The molecule has 1 N–H and O–H groups in total. The first kappa shape index (κ1) is 15.5. The van der Waals surface area contributed by atoms with Crippen molar-refractivity contribution >= 4 is 22.9 Å². The molecule has 0 aliphatic heterocycles. The largest absolute Gasteiger partial charge is 0.304 e. The SMILES string of the molecule is C[C@H](NCc1nc(C(C)(C)C)cs1)c1cccc(Cl)c1. The predicted molar refractivity (Wildman–Crippen MR) is 87.5 cm³/mol. The number of benzene rings is 1. The first-order valence-electron chi connectivity index (χ1n) is 6.80. The van der Waals surface area contributed by atoms with Gasteiger partial charge in [0.15, 0.2) is 0 Å². The van der Waals surface area contributed by atoms with Gasteiger partial charge in [-0.3, -0.25) is 0 Å². The van der Waals surface area contributed by atoms with Gasteiger partial charge in [0.25, 0.3) is 0 Å². The summed E-state index contributed by atoms with van der Waals surface area (Å²) < 4.78 is 0. The van der Waals surface area contributed by atoms with E-state index in [0.29, 0.717) is 0 Å². The van der Waals surface area contributed by atoms with Crippen LogP contribution in [0.25, 0.3) is 0 Å². The fourth-order valence-corrected chi connectivity index (χ4v) is 3.04. The van der Waals surface area contributed by atoms with Gasteiger partial charge >= 0.3 is 0 Å². The molecule has 0 aliphatic rings. The molecule has 1 heterocycles. The van der Waals surface area contributed by atoms with E-state index >= 15 is 0 Å². The molecule has 1 aromatic heterocycles. The van der Waals surface area contributed by atoms with E-state index in [1.807, 2.05) is 18.2 Å². The monoisotopic (exact) mass is 308 g/mol. The second kappa shape index (κ2) is 6.25. The number of aromatic nitrogens is 1. The summed E-state index contributed by atoms with van der Waals surface area (Å²) in [6, 6.07) is 8.23. The van der Waals surface area contributed by atoms with Gasteiger partial charge in [-0.25, -0.2) is 4.98 Å². The molecule has 4 heteroatoms. The summed E-state index contributed by atoms with van der Waals surface area (Å²) >= 11 is 7.74. The summed E-state index contributed by atoms with van der Waals surface area (Å²) in [7, 11) is 0. The second-order valence-corrected chi connectivity index (χ2v) is 7.41. The number of nitrogens with one attached hydrogen (secondary N) is 1. The zero-order valence-corrected chi connectivity index (χ0v) is 14.0. The quantitative estimate of drug-likeness (QED) is 0.865. The van der Waals surface area contributed by atoms with Crippen LogP contribution in [-0.2, 0) is 12.0 Å². The first-order chi connectivity index (χ1) is 9.36. The molecule has 0 bridgehead atoms. The van der Waals surface area contributed by atoms with Crippen molar-refractivity contribution in [2.24, 2.45) is 0 Å². The van der Waals surface area contributed by atoms with Crippen molar-refractivity contribution in [2.45, 2.75) is 45.7 Å². The molecule has 0 unspecified atom stereocenters. The van der Waals surface area contributed by atoms with Gasteiger partial charge in [0.1, 0.15) is 5.01 Å². The third kappa shape index (κ3) is 4.05. The Bertz CT molecular complexity index is 572. The number of thiazole rings is 1. The molecule has 20 heavy (non-hydrogen) atoms. The lowest BCUT2D eigenvalue weighted by molar-refractivity contribution is 0.554. The highest BCUT2D eigenvalue weighted by molar-refractivity contribution is 7.09. The Morgan fingerprint density at radius 1 is 1.35 bits per heavy atom. The van der Waals surface area contributed by atoms with Crippen LogP contribution in [0, 0.1) is 0 Å². The fraction of sp³-hybridized carbons (Fsp3) is 0.438. The van der Waals surface area contributed by atoms with Gasteiger partial charge in [0.2, 0.25) is 0 Å². The van der Waals surface area contributed by atoms with E-state index in [4.69, 9.17) is 16.6 Å². The number of rotatable bonds is 4. The Hall–Kier alpha value is -0.900. The number of nitrogens with zero attached hydrogens (tertiary/aromatic N) is 1. The van der Waals surface area contributed by atoms with Gasteiger partial charge in [-0.15, -0.1) is 11.3 Å². The van der Waals surface area contributed by atoms with E-state index in [0.717, 1.165) is 22.3 Å². The van der Waals surface area contributed by atoms with E-state index in [1.54, 1.807) is 11.3 Å². The molecule has 108 valence electrons. The Morgan fingerprint density at radius 2 is 2.10 bits per heavy atom. The van der Waals surface area contributed by atoms with Crippen LogP contribution in [0.15, 0.2) is 29.6 Å². The van der Waals surface area contributed by atoms with E-state index < -0.39 is 0 Å². The van der Waals surface area contributed by atoms with Gasteiger partial charge in [0.05, 0.1) is 5.69 Å². The lowest BCUT2D eigenvalue weighted by Gasteiger charge is -2.15. The van der Waals surface area contributed by atoms with Crippen LogP contribution in [-0.4, -0.2) is 4.98 Å². The van der Waals surface area contributed by atoms with Crippen molar-refractivity contribution in [1.29, 1.82) is 0 Å². The van der Waals surface area contributed by atoms with Crippen LogP contribution < -0.4 is 5.32 Å². The third-order valence-corrected chi connectivity index (χ3v) is 4.31. The molecule has 0 radical (unpaired) electrons. The summed E-state index contributed by atoms with van der Waals surface area (Å²) in [5.41, 5.74) is 2.48. The molecular formula is C16H21ClN2S. The van der Waals surface area contributed by atoms with Gasteiger partial charge < -0.3 is 5.32 Å². The van der Waals surface area contributed by atoms with Crippen molar-refractivity contribution in [3.05, 3.63) is 50.9 Å². The Morgan fingerprint density at radius 3 is 2.70 bits per heavy atom. The summed E-state index contributed by atoms with van der Waals surface area (Å²) in [4.78, 5) is 4.69. The zero-order valence-electron chi connectivity index (χ0n) is 12.4. The van der Waals surface area contributed by atoms with Gasteiger partial charge in [-0.1, -0.05) is 44.5 Å². The Balaban J connectivity index is 1.97.